The zero-order valence-electron chi connectivity index (χ0n) is 12.3. The molecule has 22 heavy (non-hydrogen) atoms. The molecule has 0 heterocycles. The summed E-state index contributed by atoms with van der Waals surface area (Å²) in [5, 5.41) is 6.80. The van der Waals surface area contributed by atoms with E-state index in [2.05, 4.69) is 29.7 Å². The van der Waals surface area contributed by atoms with Crippen LogP contribution in [0.25, 0.3) is 0 Å². The Morgan fingerprint density at radius 3 is 2.50 bits per heavy atom. The summed E-state index contributed by atoms with van der Waals surface area (Å²) in [4.78, 5) is 11.9. The number of amides is 1. The molecule has 2 aromatic carbocycles. The van der Waals surface area contributed by atoms with Crippen LogP contribution in [-0.2, 0) is 11.2 Å². The highest BCUT2D eigenvalue weighted by Gasteiger charge is 2.06. The minimum atomic E-state index is -0.179. The molecule has 5 heteroatoms. The molecule has 0 saturated heterocycles. The Morgan fingerprint density at radius 1 is 1.09 bits per heavy atom. The van der Waals surface area contributed by atoms with Gasteiger partial charge in [-0.05, 0) is 42.3 Å². The first-order chi connectivity index (χ1) is 10.6. The van der Waals surface area contributed by atoms with Crippen molar-refractivity contribution in [2.24, 2.45) is 0 Å². The Balaban J connectivity index is 1.88. The van der Waals surface area contributed by atoms with E-state index < -0.39 is 0 Å². The van der Waals surface area contributed by atoms with Gasteiger partial charge in [0.05, 0.1) is 17.3 Å². The molecule has 1 amide bonds. The van der Waals surface area contributed by atoms with Crippen molar-refractivity contribution in [2.75, 3.05) is 17.2 Å². The van der Waals surface area contributed by atoms with Crippen LogP contribution in [-0.4, -0.2) is 12.5 Å². The summed E-state index contributed by atoms with van der Waals surface area (Å²) >= 11 is 11.9. The molecule has 0 bridgehead atoms. The quantitative estimate of drug-likeness (QED) is 0.779. The van der Waals surface area contributed by atoms with E-state index in [1.54, 1.807) is 18.2 Å². The number of halogens is 2. The maximum absolute atomic E-state index is 11.9. The molecule has 2 aromatic rings. The van der Waals surface area contributed by atoms with E-state index in [0.717, 1.165) is 18.5 Å². The molecule has 0 aliphatic heterocycles. The van der Waals surface area contributed by atoms with Crippen molar-refractivity contribution in [1.29, 1.82) is 0 Å². The molecule has 0 aliphatic carbocycles. The first kappa shape index (κ1) is 16.7. The Labute approximate surface area is 140 Å². The molecule has 0 saturated carbocycles. The lowest BCUT2D eigenvalue weighted by Gasteiger charge is -2.10. The fourth-order valence-corrected chi connectivity index (χ4v) is 2.38. The van der Waals surface area contributed by atoms with E-state index in [4.69, 9.17) is 23.2 Å². The summed E-state index contributed by atoms with van der Waals surface area (Å²) in [6.45, 7) is 2.31. The van der Waals surface area contributed by atoms with E-state index in [0.29, 0.717) is 15.7 Å². The van der Waals surface area contributed by atoms with Gasteiger partial charge in [-0.2, -0.15) is 0 Å². The molecule has 0 radical (unpaired) electrons. The third kappa shape index (κ3) is 4.93. The minimum absolute atomic E-state index is 0.163. The Hall–Kier alpha value is -1.71. The summed E-state index contributed by atoms with van der Waals surface area (Å²) in [5.41, 5.74) is 2.72. The van der Waals surface area contributed by atoms with Crippen LogP contribution in [0.4, 0.5) is 11.4 Å². The van der Waals surface area contributed by atoms with E-state index in [1.165, 1.54) is 5.56 Å². The number of rotatable bonds is 6. The van der Waals surface area contributed by atoms with Crippen molar-refractivity contribution >= 4 is 40.5 Å². The smallest absolute Gasteiger partial charge is 0.243 e. The average Bonchev–Trinajstić information content (AvgIpc) is 2.51. The van der Waals surface area contributed by atoms with Gasteiger partial charge in [-0.1, -0.05) is 48.7 Å². The fraction of sp³-hybridized carbons (Fsp3) is 0.235. The SMILES string of the molecule is CCCc1ccc(NCC(=O)Nc2cc(Cl)ccc2Cl)cc1. The van der Waals surface area contributed by atoms with Gasteiger partial charge >= 0.3 is 0 Å². The molecule has 0 spiro atoms. The number of hydrogen-bond acceptors (Lipinski definition) is 2. The number of carbonyl (C=O) groups excluding carboxylic acids is 1. The van der Waals surface area contributed by atoms with Gasteiger partial charge in [0.1, 0.15) is 0 Å². The number of benzene rings is 2. The van der Waals surface area contributed by atoms with Crippen LogP contribution >= 0.6 is 23.2 Å². The summed E-state index contributed by atoms with van der Waals surface area (Å²) in [7, 11) is 0. The van der Waals surface area contributed by atoms with Crippen LogP contribution in [0.5, 0.6) is 0 Å². The highest BCUT2D eigenvalue weighted by molar-refractivity contribution is 6.35. The molecule has 2 N–H and O–H groups in total. The molecule has 3 nitrogen and oxygen atoms in total. The lowest BCUT2D eigenvalue weighted by atomic mass is 10.1. The Bertz CT molecular complexity index is 642. The summed E-state index contributed by atoms with van der Waals surface area (Å²) in [6, 6.07) is 13.0. The van der Waals surface area contributed by atoms with Gasteiger partial charge < -0.3 is 10.6 Å². The summed E-state index contributed by atoms with van der Waals surface area (Å²) < 4.78 is 0. The van der Waals surface area contributed by atoms with Gasteiger partial charge in [-0.3, -0.25) is 4.79 Å². The maximum atomic E-state index is 11.9. The van der Waals surface area contributed by atoms with Crippen LogP contribution in [0.15, 0.2) is 42.5 Å². The van der Waals surface area contributed by atoms with E-state index in [9.17, 15) is 4.79 Å². The second-order valence-electron chi connectivity index (χ2n) is 4.97. The van der Waals surface area contributed by atoms with Gasteiger partial charge in [0, 0.05) is 10.7 Å². The van der Waals surface area contributed by atoms with Crippen LogP contribution in [0, 0.1) is 0 Å². The molecule has 0 unspecified atom stereocenters. The van der Waals surface area contributed by atoms with Crippen molar-refractivity contribution < 1.29 is 4.79 Å². The molecule has 116 valence electrons. The number of carbonyl (C=O) groups is 1. The first-order valence-corrected chi connectivity index (χ1v) is 7.92. The Kier molecular flexibility index (Phi) is 6.10. The van der Waals surface area contributed by atoms with Gasteiger partial charge in [-0.15, -0.1) is 0 Å². The lowest BCUT2D eigenvalue weighted by Crippen LogP contribution is -2.21. The third-order valence-corrected chi connectivity index (χ3v) is 3.71. The lowest BCUT2D eigenvalue weighted by molar-refractivity contribution is -0.114. The van der Waals surface area contributed by atoms with Crippen LogP contribution in [0.3, 0.4) is 0 Å². The van der Waals surface area contributed by atoms with Crippen molar-refractivity contribution in [3.8, 4) is 0 Å². The number of nitrogens with one attached hydrogen (secondary N) is 2. The average molecular weight is 337 g/mol. The number of anilines is 2. The minimum Gasteiger partial charge on any atom is -0.376 e. The van der Waals surface area contributed by atoms with Crippen molar-refractivity contribution in [3.05, 3.63) is 58.1 Å². The van der Waals surface area contributed by atoms with Crippen LogP contribution in [0.1, 0.15) is 18.9 Å². The van der Waals surface area contributed by atoms with Crippen molar-refractivity contribution in [1.82, 2.24) is 0 Å². The van der Waals surface area contributed by atoms with Gasteiger partial charge in [0.15, 0.2) is 0 Å². The first-order valence-electron chi connectivity index (χ1n) is 7.16. The fourth-order valence-electron chi connectivity index (χ4n) is 2.05. The van der Waals surface area contributed by atoms with Crippen molar-refractivity contribution in [3.63, 3.8) is 0 Å². The second kappa shape index (κ2) is 8.06. The van der Waals surface area contributed by atoms with E-state index >= 15 is 0 Å². The van der Waals surface area contributed by atoms with Gasteiger partial charge in [-0.25, -0.2) is 0 Å². The zero-order chi connectivity index (χ0) is 15.9. The largest absolute Gasteiger partial charge is 0.376 e. The molecular formula is C17H18Cl2N2O. The Morgan fingerprint density at radius 2 is 1.82 bits per heavy atom. The topological polar surface area (TPSA) is 41.1 Å². The van der Waals surface area contributed by atoms with Crippen LogP contribution in [0.2, 0.25) is 10.0 Å². The monoisotopic (exact) mass is 336 g/mol. The molecule has 0 fully saturated rings. The van der Waals surface area contributed by atoms with Crippen LogP contribution < -0.4 is 10.6 Å². The van der Waals surface area contributed by atoms with Crippen molar-refractivity contribution in [2.45, 2.75) is 19.8 Å². The molecular weight excluding hydrogens is 319 g/mol. The van der Waals surface area contributed by atoms with Gasteiger partial charge in [0.2, 0.25) is 5.91 Å². The number of aryl methyl sites for hydroxylation is 1. The molecule has 0 atom stereocenters. The standard InChI is InChI=1S/C17H18Cl2N2O/c1-2-3-12-4-7-14(8-5-12)20-11-17(22)21-16-10-13(18)6-9-15(16)19/h4-10,20H,2-3,11H2,1H3,(H,21,22). The predicted octanol–water partition coefficient (Wildman–Crippen LogP) is 5.00. The predicted molar refractivity (Wildman–Crippen MR) is 94.0 cm³/mol. The maximum Gasteiger partial charge on any atom is 0.243 e. The van der Waals surface area contributed by atoms with Gasteiger partial charge in [0.25, 0.3) is 0 Å². The molecule has 2 rings (SSSR count). The highest BCUT2D eigenvalue weighted by atomic mass is 35.5. The third-order valence-electron chi connectivity index (χ3n) is 3.15. The highest BCUT2D eigenvalue weighted by Crippen LogP contribution is 2.25. The normalized spacial score (nSPS) is 10.3. The summed E-state index contributed by atoms with van der Waals surface area (Å²) in [6.07, 6.45) is 2.18. The second-order valence-corrected chi connectivity index (χ2v) is 5.82. The molecule has 0 aliphatic rings. The van der Waals surface area contributed by atoms with E-state index in [-0.39, 0.29) is 12.5 Å². The zero-order valence-corrected chi connectivity index (χ0v) is 13.8. The molecule has 0 aromatic heterocycles. The summed E-state index contributed by atoms with van der Waals surface area (Å²) in [5.74, 6) is -0.179. The number of hydrogen-bond donors (Lipinski definition) is 2. The van der Waals surface area contributed by atoms with E-state index in [1.807, 2.05) is 12.1 Å².